The van der Waals surface area contributed by atoms with Crippen LogP contribution in [0.1, 0.15) is 18.1 Å². The molecule has 0 saturated heterocycles. The number of nitrogens with two attached hydrogens (primary N) is 1. The van der Waals surface area contributed by atoms with Crippen LogP contribution in [0.25, 0.3) is 0 Å². The first-order valence-electron chi connectivity index (χ1n) is 8.93. The average molecular weight is 370 g/mol. The van der Waals surface area contributed by atoms with Crippen molar-refractivity contribution >= 4 is 11.9 Å². The number of amides is 1. The van der Waals surface area contributed by atoms with Gasteiger partial charge in [0.25, 0.3) is 0 Å². The van der Waals surface area contributed by atoms with Gasteiger partial charge in [0.2, 0.25) is 5.91 Å². The molecular formula is C21H26N2O4. The summed E-state index contributed by atoms with van der Waals surface area (Å²) in [7, 11) is 1.30. The lowest BCUT2D eigenvalue weighted by atomic mass is 10.0. The SMILES string of the molecule is CCOc1ccc(C[C@@H](N)C(=O)N[C@@H](Cc2ccccc2)C(=O)OC)cc1. The molecule has 0 aliphatic rings. The zero-order chi connectivity index (χ0) is 19.6. The Morgan fingerprint density at radius 2 is 1.63 bits per heavy atom. The molecule has 0 aliphatic carbocycles. The predicted molar refractivity (Wildman–Crippen MR) is 103 cm³/mol. The number of nitrogens with one attached hydrogen (secondary N) is 1. The van der Waals surface area contributed by atoms with E-state index in [-0.39, 0.29) is 0 Å². The Morgan fingerprint density at radius 3 is 2.22 bits per heavy atom. The maximum atomic E-state index is 12.5. The number of ether oxygens (including phenoxy) is 2. The van der Waals surface area contributed by atoms with Gasteiger partial charge in [-0.2, -0.15) is 0 Å². The van der Waals surface area contributed by atoms with Gasteiger partial charge in [0.15, 0.2) is 0 Å². The zero-order valence-corrected chi connectivity index (χ0v) is 15.7. The summed E-state index contributed by atoms with van der Waals surface area (Å²) in [6.45, 7) is 2.51. The molecule has 0 bridgehead atoms. The largest absolute Gasteiger partial charge is 0.494 e. The molecule has 27 heavy (non-hydrogen) atoms. The van der Waals surface area contributed by atoms with Gasteiger partial charge in [-0.3, -0.25) is 4.79 Å². The van der Waals surface area contributed by atoms with Crippen LogP contribution < -0.4 is 15.8 Å². The first-order valence-corrected chi connectivity index (χ1v) is 8.93. The highest BCUT2D eigenvalue weighted by atomic mass is 16.5. The summed E-state index contributed by atoms with van der Waals surface area (Å²) in [4.78, 5) is 24.5. The minimum Gasteiger partial charge on any atom is -0.494 e. The van der Waals surface area contributed by atoms with Gasteiger partial charge in [0.05, 0.1) is 19.8 Å². The third kappa shape index (κ3) is 6.42. The second-order valence-corrected chi connectivity index (χ2v) is 6.16. The summed E-state index contributed by atoms with van der Waals surface area (Å²) in [5, 5.41) is 2.70. The Hall–Kier alpha value is -2.86. The van der Waals surface area contributed by atoms with Crippen molar-refractivity contribution in [2.24, 2.45) is 5.73 Å². The van der Waals surface area contributed by atoms with E-state index in [1.54, 1.807) is 0 Å². The molecule has 2 rings (SSSR count). The van der Waals surface area contributed by atoms with E-state index in [4.69, 9.17) is 15.2 Å². The van der Waals surface area contributed by atoms with E-state index in [1.807, 2.05) is 61.5 Å². The highest BCUT2D eigenvalue weighted by Crippen LogP contribution is 2.13. The molecule has 0 heterocycles. The lowest BCUT2D eigenvalue weighted by molar-refractivity contribution is -0.145. The van der Waals surface area contributed by atoms with Crippen LogP contribution >= 0.6 is 0 Å². The van der Waals surface area contributed by atoms with E-state index in [1.165, 1.54) is 7.11 Å². The van der Waals surface area contributed by atoms with Crippen molar-refractivity contribution < 1.29 is 19.1 Å². The van der Waals surface area contributed by atoms with Crippen LogP contribution in [-0.4, -0.2) is 37.7 Å². The fourth-order valence-electron chi connectivity index (χ4n) is 2.70. The Balaban J connectivity index is 1.97. The number of hydrogen-bond acceptors (Lipinski definition) is 5. The predicted octanol–water partition coefficient (Wildman–Crippen LogP) is 1.86. The number of methoxy groups -OCH3 is 1. The number of esters is 1. The Morgan fingerprint density at radius 1 is 1.00 bits per heavy atom. The van der Waals surface area contributed by atoms with E-state index < -0.39 is 24.0 Å². The van der Waals surface area contributed by atoms with Gasteiger partial charge in [-0.05, 0) is 36.6 Å². The van der Waals surface area contributed by atoms with Gasteiger partial charge in [0.1, 0.15) is 11.8 Å². The maximum absolute atomic E-state index is 12.5. The Labute approximate surface area is 159 Å². The molecule has 0 spiro atoms. The normalized spacial score (nSPS) is 12.7. The van der Waals surface area contributed by atoms with Gasteiger partial charge in [-0.25, -0.2) is 4.79 Å². The highest BCUT2D eigenvalue weighted by molar-refractivity contribution is 5.87. The lowest BCUT2D eigenvalue weighted by Crippen LogP contribution is -2.50. The molecule has 0 radical (unpaired) electrons. The van der Waals surface area contributed by atoms with Gasteiger partial charge < -0.3 is 20.5 Å². The van der Waals surface area contributed by atoms with Crippen LogP contribution in [0.5, 0.6) is 5.75 Å². The zero-order valence-electron chi connectivity index (χ0n) is 15.7. The molecule has 3 N–H and O–H groups in total. The summed E-state index contributed by atoms with van der Waals surface area (Å²) in [6, 6.07) is 15.3. The third-order valence-electron chi connectivity index (χ3n) is 4.11. The molecule has 0 aromatic heterocycles. The minimum atomic E-state index is -0.781. The maximum Gasteiger partial charge on any atom is 0.328 e. The van der Waals surface area contributed by atoms with Gasteiger partial charge in [-0.15, -0.1) is 0 Å². The summed E-state index contributed by atoms with van der Waals surface area (Å²) in [6.07, 6.45) is 0.701. The third-order valence-corrected chi connectivity index (χ3v) is 4.11. The summed E-state index contributed by atoms with van der Waals surface area (Å²) < 4.78 is 10.2. The van der Waals surface area contributed by atoms with Crippen molar-refractivity contribution in [3.8, 4) is 5.75 Å². The van der Waals surface area contributed by atoms with Gasteiger partial charge in [0, 0.05) is 6.42 Å². The topological polar surface area (TPSA) is 90.6 Å². The van der Waals surface area contributed by atoms with Crippen molar-refractivity contribution in [3.63, 3.8) is 0 Å². The highest BCUT2D eigenvalue weighted by Gasteiger charge is 2.24. The molecule has 6 nitrogen and oxygen atoms in total. The van der Waals surface area contributed by atoms with Crippen molar-refractivity contribution in [2.75, 3.05) is 13.7 Å². The number of rotatable bonds is 9. The number of hydrogen-bond donors (Lipinski definition) is 2. The molecular weight excluding hydrogens is 344 g/mol. The smallest absolute Gasteiger partial charge is 0.328 e. The fraction of sp³-hybridized carbons (Fsp3) is 0.333. The standard InChI is InChI=1S/C21H26N2O4/c1-3-27-17-11-9-16(10-12-17)13-18(22)20(24)23-19(21(25)26-2)14-15-7-5-4-6-8-15/h4-12,18-19H,3,13-14,22H2,1-2H3,(H,23,24)/t18-,19+/m1/s1. The van der Waals surface area contributed by atoms with Crippen LogP contribution in [0.2, 0.25) is 0 Å². The summed E-state index contributed by atoms with van der Waals surface area (Å²) in [5.74, 6) is -0.122. The molecule has 144 valence electrons. The Bertz CT molecular complexity index is 732. The van der Waals surface area contributed by atoms with Crippen LogP contribution in [-0.2, 0) is 27.2 Å². The van der Waals surface area contributed by atoms with E-state index in [2.05, 4.69) is 5.32 Å². The molecule has 1 amide bonds. The number of carbonyl (C=O) groups excluding carboxylic acids is 2. The summed E-state index contributed by atoms with van der Waals surface area (Å²) >= 11 is 0. The van der Waals surface area contributed by atoms with Crippen molar-refractivity contribution in [3.05, 3.63) is 65.7 Å². The Kier molecular flexibility index (Phi) is 7.82. The quantitative estimate of drug-likeness (QED) is 0.658. The molecule has 6 heteroatoms. The summed E-state index contributed by atoms with van der Waals surface area (Å²) in [5.41, 5.74) is 7.87. The fourth-order valence-corrected chi connectivity index (χ4v) is 2.70. The minimum absolute atomic E-state index is 0.342. The number of benzene rings is 2. The molecule has 0 saturated carbocycles. The van der Waals surface area contributed by atoms with Crippen LogP contribution in [0, 0.1) is 0 Å². The van der Waals surface area contributed by atoms with Crippen LogP contribution in [0.15, 0.2) is 54.6 Å². The van der Waals surface area contributed by atoms with Gasteiger partial charge >= 0.3 is 5.97 Å². The van der Waals surface area contributed by atoms with E-state index in [9.17, 15) is 9.59 Å². The van der Waals surface area contributed by atoms with Crippen LogP contribution in [0.4, 0.5) is 0 Å². The monoisotopic (exact) mass is 370 g/mol. The second-order valence-electron chi connectivity index (χ2n) is 6.16. The van der Waals surface area contributed by atoms with E-state index >= 15 is 0 Å². The molecule has 0 aliphatic heterocycles. The van der Waals surface area contributed by atoms with Crippen molar-refractivity contribution in [2.45, 2.75) is 31.8 Å². The first kappa shape index (κ1) is 20.5. The van der Waals surface area contributed by atoms with E-state index in [0.29, 0.717) is 19.4 Å². The molecule has 2 aromatic rings. The average Bonchev–Trinajstić information content (AvgIpc) is 2.69. The second kappa shape index (κ2) is 10.3. The van der Waals surface area contributed by atoms with Crippen molar-refractivity contribution in [1.82, 2.24) is 5.32 Å². The molecule has 2 atom stereocenters. The first-order chi connectivity index (χ1) is 13.0. The lowest BCUT2D eigenvalue weighted by Gasteiger charge is -2.19. The van der Waals surface area contributed by atoms with Gasteiger partial charge in [-0.1, -0.05) is 42.5 Å². The van der Waals surface area contributed by atoms with Crippen LogP contribution in [0.3, 0.4) is 0 Å². The van der Waals surface area contributed by atoms with E-state index in [0.717, 1.165) is 16.9 Å². The molecule has 2 aromatic carbocycles. The number of carbonyl (C=O) groups is 2. The molecule has 0 unspecified atom stereocenters. The van der Waals surface area contributed by atoms with Crippen molar-refractivity contribution in [1.29, 1.82) is 0 Å². The molecule has 0 fully saturated rings.